The third-order valence-electron chi connectivity index (χ3n) is 1.62. The molecule has 0 saturated heterocycles. The van der Waals surface area contributed by atoms with Gasteiger partial charge in [-0.2, -0.15) is 0 Å². The van der Waals surface area contributed by atoms with Gasteiger partial charge in [-0.1, -0.05) is 0 Å². The lowest BCUT2D eigenvalue weighted by molar-refractivity contribution is 0.112. The molecule has 0 aliphatic carbocycles. The van der Waals surface area contributed by atoms with E-state index in [1.165, 1.54) is 12.1 Å². The molecule has 0 heterocycles. The highest BCUT2D eigenvalue weighted by molar-refractivity contribution is 5.77. The first-order valence-electron chi connectivity index (χ1n) is 3.57. The van der Waals surface area contributed by atoms with Crippen LogP contribution in [-0.2, 0) is 0 Å². The first-order chi connectivity index (χ1) is 5.65. The van der Waals surface area contributed by atoms with Gasteiger partial charge in [0.2, 0.25) is 0 Å². The van der Waals surface area contributed by atoms with Crippen LogP contribution >= 0.6 is 0 Å². The first-order valence-corrected chi connectivity index (χ1v) is 3.57. The Balaban J connectivity index is 3.13. The number of hydrogen-bond acceptors (Lipinski definition) is 2. The van der Waals surface area contributed by atoms with Crippen LogP contribution in [0.25, 0.3) is 0 Å². The molecule has 0 unspecified atom stereocenters. The second-order valence-corrected chi connectivity index (χ2v) is 2.72. The molecule has 0 bridgehead atoms. The van der Waals surface area contributed by atoms with Gasteiger partial charge in [0.25, 0.3) is 0 Å². The number of halogens is 1. The summed E-state index contributed by atoms with van der Waals surface area (Å²) in [5.74, 6) is -0.476. The molecule has 1 aromatic carbocycles. The summed E-state index contributed by atoms with van der Waals surface area (Å²) in [5.41, 5.74) is 0.916. The molecule has 2 nitrogen and oxygen atoms in total. The second kappa shape index (κ2) is 3.34. The summed E-state index contributed by atoms with van der Waals surface area (Å²) in [7, 11) is 3.67. The molecular formula is C9H10FNO. The highest BCUT2D eigenvalue weighted by Gasteiger charge is 2.02. The zero-order chi connectivity index (χ0) is 9.14. The molecule has 0 aliphatic rings. The van der Waals surface area contributed by atoms with Crippen LogP contribution in [0.3, 0.4) is 0 Å². The highest BCUT2D eigenvalue weighted by atomic mass is 19.1. The zero-order valence-corrected chi connectivity index (χ0v) is 7.04. The van der Waals surface area contributed by atoms with Crippen molar-refractivity contribution in [1.29, 1.82) is 0 Å². The summed E-state index contributed by atoms with van der Waals surface area (Å²) < 4.78 is 12.8. The topological polar surface area (TPSA) is 20.3 Å². The van der Waals surface area contributed by atoms with Crippen LogP contribution in [0.1, 0.15) is 10.4 Å². The van der Waals surface area contributed by atoms with Crippen molar-refractivity contribution in [2.75, 3.05) is 19.0 Å². The highest BCUT2D eigenvalue weighted by Crippen LogP contribution is 2.14. The summed E-state index contributed by atoms with van der Waals surface area (Å²) in [5, 5.41) is 0. The second-order valence-electron chi connectivity index (χ2n) is 2.72. The third-order valence-corrected chi connectivity index (χ3v) is 1.62. The van der Waals surface area contributed by atoms with Gasteiger partial charge in [-0.25, -0.2) is 4.39 Å². The van der Waals surface area contributed by atoms with Crippen molar-refractivity contribution in [1.82, 2.24) is 0 Å². The van der Waals surface area contributed by atoms with E-state index < -0.39 is 5.82 Å². The van der Waals surface area contributed by atoms with Crippen LogP contribution in [0.4, 0.5) is 10.1 Å². The van der Waals surface area contributed by atoms with Crippen molar-refractivity contribution in [3.05, 3.63) is 29.6 Å². The normalized spacial score (nSPS) is 9.58. The molecular weight excluding hydrogens is 157 g/mol. The number of nitrogens with zero attached hydrogens (tertiary/aromatic N) is 1. The van der Waals surface area contributed by atoms with E-state index in [0.717, 1.165) is 5.69 Å². The number of hydrogen-bond donors (Lipinski definition) is 0. The van der Waals surface area contributed by atoms with Gasteiger partial charge in [0, 0.05) is 19.8 Å². The maximum Gasteiger partial charge on any atom is 0.153 e. The Labute approximate surface area is 70.6 Å². The average Bonchev–Trinajstić information content (AvgIpc) is 2.05. The molecule has 0 spiro atoms. The Bertz CT molecular complexity index is 297. The molecule has 64 valence electrons. The fourth-order valence-electron chi connectivity index (χ4n) is 0.900. The van der Waals surface area contributed by atoms with E-state index in [2.05, 4.69) is 0 Å². The Morgan fingerprint density at radius 3 is 2.58 bits per heavy atom. The number of rotatable bonds is 2. The van der Waals surface area contributed by atoms with E-state index in [4.69, 9.17) is 0 Å². The summed E-state index contributed by atoms with van der Waals surface area (Å²) in [6.45, 7) is 0. The summed E-state index contributed by atoms with van der Waals surface area (Å²) in [4.78, 5) is 12.2. The van der Waals surface area contributed by atoms with Crippen LogP contribution in [0.5, 0.6) is 0 Å². The summed E-state index contributed by atoms with van der Waals surface area (Å²) in [6.07, 6.45) is 0.516. The number of anilines is 1. The minimum Gasteiger partial charge on any atom is -0.378 e. The van der Waals surface area contributed by atoms with Crippen molar-refractivity contribution in [2.45, 2.75) is 0 Å². The van der Waals surface area contributed by atoms with Crippen molar-refractivity contribution < 1.29 is 9.18 Å². The Kier molecular flexibility index (Phi) is 2.43. The van der Waals surface area contributed by atoms with Gasteiger partial charge in [0.05, 0.1) is 5.56 Å². The minimum atomic E-state index is -0.476. The van der Waals surface area contributed by atoms with Crippen molar-refractivity contribution in [3.63, 3.8) is 0 Å². The average molecular weight is 167 g/mol. The number of benzene rings is 1. The van der Waals surface area contributed by atoms with Gasteiger partial charge in [-0.3, -0.25) is 4.79 Å². The monoisotopic (exact) mass is 167 g/mol. The largest absolute Gasteiger partial charge is 0.378 e. The predicted molar refractivity (Wildman–Crippen MR) is 46.1 cm³/mol. The number of carbonyl (C=O) groups is 1. The number of carbonyl (C=O) groups excluding carboxylic acids is 1. The van der Waals surface area contributed by atoms with Gasteiger partial charge < -0.3 is 4.90 Å². The van der Waals surface area contributed by atoms with Crippen LogP contribution in [0, 0.1) is 5.82 Å². The molecule has 1 aromatic rings. The van der Waals surface area contributed by atoms with Crippen molar-refractivity contribution >= 4 is 12.0 Å². The molecule has 0 aromatic heterocycles. The lowest BCUT2D eigenvalue weighted by atomic mass is 10.2. The molecule has 0 aliphatic heterocycles. The molecule has 0 atom stereocenters. The summed E-state index contributed by atoms with van der Waals surface area (Å²) >= 11 is 0. The molecule has 0 amide bonds. The smallest absolute Gasteiger partial charge is 0.153 e. The predicted octanol–water partition coefficient (Wildman–Crippen LogP) is 1.70. The van der Waals surface area contributed by atoms with E-state index in [9.17, 15) is 9.18 Å². The molecule has 12 heavy (non-hydrogen) atoms. The molecule has 0 fully saturated rings. The van der Waals surface area contributed by atoms with Crippen LogP contribution in [-0.4, -0.2) is 20.4 Å². The standard InChI is InChI=1S/C9H10FNO/c1-11(2)8-3-4-9(10)7(5-8)6-12/h3-6H,1-2H3. The van der Waals surface area contributed by atoms with E-state index in [-0.39, 0.29) is 5.56 Å². The lowest BCUT2D eigenvalue weighted by Gasteiger charge is -2.12. The van der Waals surface area contributed by atoms with Gasteiger partial charge in [0.15, 0.2) is 6.29 Å². The van der Waals surface area contributed by atoms with Gasteiger partial charge in [-0.05, 0) is 18.2 Å². The minimum absolute atomic E-state index is 0.0983. The Morgan fingerprint density at radius 2 is 2.08 bits per heavy atom. The molecule has 0 N–H and O–H groups in total. The fraction of sp³-hybridized carbons (Fsp3) is 0.222. The lowest BCUT2D eigenvalue weighted by Crippen LogP contribution is -2.09. The van der Waals surface area contributed by atoms with E-state index in [0.29, 0.717) is 6.29 Å². The number of aldehydes is 1. The van der Waals surface area contributed by atoms with Gasteiger partial charge >= 0.3 is 0 Å². The van der Waals surface area contributed by atoms with Gasteiger partial charge in [0.1, 0.15) is 5.82 Å². The van der Waals surface area contributed by atoms with Crippen LogP contribution in [0.15, 0.2) is 18.2 Å². The summed E-state index contributed by atoms with van der Waals surface area (Å²) in [6, 6.07) is 4.43. The third kappa shape index (κ3) is 1.61. The maximum absolute atomic E-state index is 12.8. The zero-order valence-electron chi connectivity index (χ0n) is 7.04. The molecule has 0 radical (unpaired) electrons. The van der Waals surface area contributed by atoms with E-state index in [1.807, 2.05) is 19.0 Å². The first kappa shape index (κ1) is 8.71. The fourth-order valence-corrected chi connectivity index (χ4v) is 0.900. The van der Waals surface area contributed by atoms with Gasteiger partial charge in [-0.15, -0.1) is 0 Å². The molecule has 3 heteroatoms. The van der Waals surface area contributed by atoms with Crippen molar-refractivity contribution in [3.8, 4) is 0 Å². The molecule has 0 saturated carbocycles. The van der Waals surface area contributed by atoms with Crippen molar-refractivity contribution in [2.24, 2.45) is 0 Å². The van der Waals surface area contributed by atoms with Crippen LogP contribution in [0.2, 0.25) is 0 Å². The Morgan fingerprint density at radius 1 is 1.42 bits per heavy atom. The quantitative estimate of drug-likeness (QED) is 0.625. The van der Waals surface area contributed by atoms with Crippen LogP contribution < -0.4 is 4.90 Å². The molecule has 1 rings (SSSR count). The SMILES string of the molecule is CN(C)c1ccc(F)c(C=O)c1. The maximum atomic E-state index is 12.8. The van der Waals surface area contributed by atoms with E-state index in [1.54, 1.807) is 6.07 Å². The van der Waals surface area contributed by atoms with E-state index >= 15 is 0 Å². The Hall–Kier alpha value is -1.38.